The summed E-state index contributed by atoms with van der Waals surface area (Å²) in [5.74, 6) is -2.44. The van der Waals surface area contributed by atoms with E-state index in [2.05, 4.69) is 6.58 Å². The fraction of sp³-hybridized carbons (Fsp3) is 0.500. The van der Waals surface area contributed by atoms with E-state index in [0.717, 1.165) is 6.42 Å². The van der Waals surface area contributed by atoms with Crippen molar-refractivity contribution >= 4 is 11.9 Å². The fourth-order valence-electron chi connectivity index (χ4n) is 0.258. The van der Waals surface area contributed by atoms with E-state index in [4.69, 9.17) is 15.3 Å². The van der Waals surface area contributed by atoms with Crippen molar-refractivity contribution in [2.75, 3.05) is 6.61 Å². The summed E-state index contributed by atoms with van der Waals surface area (Å²) in [6.45, 7) is 5.26. The van der Waals surface area contributed by atoms with Crippen molar-refractivity contribution in [3.8, 4) is 0 Å². The van der Waals surface area contributed by atoms with Crippen molar-refractivity contribution in [2.45, 2.75) is 19.8 Å². The van der Waals surface area contributed by atoms with Crippen LogP contribution in [0.3, 0.4) is 0 Å². The number of hydrogen-bond donors (Lipinski definition) is 3. The minimum Gasteiger partial charge on any atom is -0.481 e. The molecular weight excluding hydrogens is 176 g/mol. The molecule has 0 spiro atoms. The summed E-state index contributed by atoms with van der Waals surface area (Å²) >= 11 is 0. The lowest BCUT2D eigenvalue weighted by Gasteiger charge is -1.91. The molecule has 0 aliphatic rings. The summed E-state index contributed by atoms with van der Waals surface area (Å²) in [7, 11) is 0. The van der Waals surface area contributed by atoms with E-state index in [1.807, 2.05) is 6.92 Å². The fourth-order valence-corrected chi connectivity index (χ4v) is 0.258. The van der Waals surface area contributed by atoms with Crippen molar-refractivity contribution in [3.63, 3.8) is 0 Å². The molecule has 0 atom stereocenters. The number of aliphatic hydroxyl groups is 1. The molecule has 0 radical (unpaired) electrons. The summed E-state index contributed by atoms with van der Waals surface area (Å²) in [4.78, 5) is 19.7. The van der Waals surface area contributed by atoms with Crippen molar-refractivity contribution in [1.29, 1.82) is 0 Å². The number of aliphatic hydroxyl groups excluding tert-OH is 1. The first kappa shape index (κ1) is 14.2. The lowest BCUT2D eigenvalue weighted by Crippen LogP contribution is -2.04. The predicted molar refractivity (Wildman–Crippen MR) is 46.4 cm³/mol. The zero-order valence-electron chi connectivity index (χ0n) is 7.49. The molecule has 0 unspecified atom stereocenters. The Labute approximate surface area is 76.3 Å². The second-order valence-corrected chi connectivity index (χ2v) is 2.20. The van der Waals surface area contributed by atoms with Gasteiger partial charge in [-0.15, -0.1) is 0 Å². The summed E-state index contributed by atoms with van der Waals surface area (Å²) < 4.78 is 0. The Morgan fingerprint density at radius 2 is 1.69 bits per heavy atom. The largest absolute Gasteiger partial charge is 0.481 e. The van der Waals surface area contributed by atoms with Crippen LogP contribution < -0.4 is 0 Å². The van der Waals surface area contributed by atoms with Gasteiger partial charge in [0.1, 0.15) is 0 Å². The smallest absolute Gasteiger partial charge is 0.331 e. The number of rotatable bonds is 4. The van der Waals surface area contributed by atoms with Crippen LogP contribution in [0, 0.1) is 0 Å². The van der Waals surface area contributed by atoms with E-state index in [9.17, 15) is 9.59 Å². The van der Waals surface area contributed by atoms with Crippen LogP contribution in [0.5, 0.6) is 0 Å². The van der Waals surface area contributed by atoms with E-state index in [1.54, 1.807) is 0 Å². The van der Waals surface area contributed by atoms with Gasteiger partial charge in [0.2, 0.25) is 0 Å². The molecule has 0 rings (SSSR count). The average molecular weight is 190 g/mol. The monoisotopic (exact) mass is 190 g/mol. The maximum atomic E-state index is 9.87. The standard InChI is InChI=1S/C5H6O4.C3H8O/c1-3(5(8)9)2-4(6)7;1-2-3-4/h1-2H2,(H,6,7)(H,8,9);4H,2-3H2,1H3. The van der Waals surface area contributed by atoms with E-state index < -0.39 is 18.4 Å². The van der Waals surface area contributed by atoms with E-state index in [0.29, 0.717) is 6.61 Å². The highest BCUT2D eigenvalue weighted by Gasteiger charge is 2.07. The SMILES string of the molecule is C=C(CC(=O)O)C(=O)O.CCCO. The molecule has 13 heavy (non-hydrogen) atoms. The highest BCUT2D eigenvalue weighted by molar-refractivity contribution is 5.91. The molecule has 0 aromatic heterocycles. The molecule has 0 fully saturated rings. The zero-order chi connectivity index (χ0) is 10.9. The van der Waals surface area contributed by atoms with Gasteiger partial charge < -0.3 is 15.3 Å². The number of carbonyl (C=O) groups is 2. The number of carboxylic acids is 2. The first-order chi connectivity index (χ1) is 5.95. The third-order valence-electron chi connectivity index (χ3n) is 0.891. The lowest BCUT2D eigenvalue weighted by molar-refractivity contribution is -0.139. The van der Waals surface area contributed by atoms with Gasteiger partial charge in [-0.25, -0.2) is 4.79 Å². The third-order valence-corrected chi connectivity index (χ3v) is 0.891. The van der Waals surface area contributed by atoms with Gasteiger partial charge in [0.25, 0.3) is 0 Å². The highest BCUT2D eigenvalue weighted by atomic mass is 16.4. The van der Waals surface area contributed by atoms with Crippen LogP contribution in [0.2, 0.25) is 0 Å². The number of aliphatic carboxylic acids is 2. The minimum atomic E-state index is -1.27. The topological polar surface area (TPSA) is 94.8 Å². The Hall–Kier alpha value is -1.36. The summed E-state index contributed by atoms with van der Waals surface area (Å²) in [5, 5.41) is 24.0. The zero-order valence-corrected chi connectivity index (χ0v) is 7.49. The van der Waals surface area contributed by atoms with Gasteiger partial charge in [-0.3, -0.25) is 4.79 Å². The second kappa shape index (κ2) is 8.73. The molecule has 0 aliphatic carbocycles. The van der Waals surface area contributed by atoms with Crippen molar-refractivity contribution in [3.05, 3.63) is 12.2 Å². The Morgan fingerprint density at radius 1 is 1.31 bits per heavy atom. The van der Waals surface area contributed by atoms with Gasteiger partial charge in [0.15, 0.2) is 0 Å². The van der Waals surface area contributed by atoms with Crippen LogP contribution in [0.4, 0.5) is 0 Å². The van der Waals surface area contributed by atoms with Crippen LogP contribution in [-0.4, -0.2) is 33.9 Å². The van der Waals surface area contributed by atoms with Crippen LogP contribution in [0.25, 0.3) is 0 Å². The molecule has 0 heterocycles. The summed E-state index contributed by atoms with van der Waals surface area (Å²) in [6.07, 6.45) is 0.370. The molecule has 0 saturated carbocycles. The number of carboxylic acid groups (broad SMARTS) is 2. The van der Waals surface area contributed by atoms with Crippen LogP contribution in [0.15, 0.2) is 12.2 Å². The molecule has 0 saturated heterocycles. The Bertz CT molecular complexity index is 183. The summed E-state index contributed by atoms with van der Waals surface area (Å²) in [6, 6.07) is 0. The van der Waals surface area contributed by atoms with E-state index >= 15 is 0 Å². The maximum absolute atomic E-state index is 9.87. The van der Waals surface area contributed by atoms with Crippen LogP contribution in [-0.2, 0) is 9.59 Å². The lowest BCUT2D eigenvalue weighted by atomic mass is 10.2. The number of hydrogen-bond acceptors (Lipinski definition) is 3. The maximum Gasteiger partial charge on any atom is 0.331 e. The average Bonchev–Trinajstić information content (AvgIpc) is 2.03. The normalized spacial score (nSPS) is 8.15. The molecule has 0 bridgehead atoms. The molecule has 0 aromatic rings. The molecule has 3 N–H and O–H groups in total. The molecule has 5 heteroatoms. The molecule has 76 valence electrons. The Kier molecular flexibility index (Phi) is 9.53. The molecule has 0 amide bonds. The van der Waals surface area contributed by atoms with Gasteiger partial charge in [-0.2, -0.15) is 0 Å². The molecule has 5 nitrogen and oxygen atoms in total. The molecule has 0 aliphatic heterocycles. The minimum absolute atomic E-state index is 0.303. The molecule has 0 aromatic carbocycles. The van der Waals surface area contributed by atoms with E-state index in [1.165, 1.54) is 0 Å². The predicted octanol–water partition coefficient (Wildman–Crippen LogP) is 0.491. The van der Waals surface area contributed by atoms with Crippen molar-refractivity contribution in [2.24, 2.45) is 0 Å². The quantitative estimate of drug-likeness (QED) is 0.561. The van der Waals surface area contributed by atoms with Crippen molar-refractivity contribution in [1.82, 2.24) is 0 Å². The van der Waals surface area contributed by atoms with Crippen LogP contribution >= 0.6 is 0 Å². The third kappa shape index (κ3) is 13.6. The van der Waals surface area contributed by atoms with Crippen molar-refractivity contribution < 1.29 is 24.9 Å². The van der Waals surface area contributed by atoms with Gasteiger partial charge >= 0.3 is 11.9 Å². The van der Waals surface area contributed by atoms with E-state index in [-0.39, 0.29) is 5.57 Å². The van der Waals surface area contributed by atoms with Gasteiger partial charge in [-0.05, 0) is 6.42 Å². The Balaban J connectivity index is 0. The van der Waals surface area contributed by atoms with Gasteiger partial charge in [0.05, 0.1) is 6.42 Å². The second-order valence-electron chi connectivity index (χ2n) is 2.20. The summed E-state index contributed by atoms with van der Waals surface area (Å²) in [5.41, 5.74) is -0.303. The Morgan fingerprint density at radius 3 is 1.77 bits per heavy atom. The van der Waals surface area contributed by atoms with Gasteiger partial charge in [-0.1, -0.05) is 13.5 Å². The first-order valence-corrected chi connectivity index (χ1v) is 3.69. The highest BCUT2D eigenvalue weighted by Crippen LogP contribution is 1.95. The van der Waals surface area contributed by atoms with Gasteiger partial charge in [0, 0.05) is 12.2 Å². The first-order valence-electron chi connectivity index (χ1n) is 3.69. The molecular formula is C8H14O5. The van der Waals surface area contributed by atoms with Crippen LogP contribution in [0.1, 0.15) is 19.8 Å².